The fourth-order valence-electron chi connectivity index (χ4n) is 1.44. The molecule has 0 aliphatic heterocycles. The summed E-state index contributed by atoms with van der Waals surface area (Å²) in [5.41, 5.74) is 0. The van der Waals surface area contributed by atoms with Crippen LogP contribution in [0.15, 0.2) is 0 Å². The molecule has 0 aromatic carbocycles. The lowest BCUT2D eigenvalue weighted by atomic mass is 10.3. The lowest BCUT2D eigenvalue weighted by Crippen LogP contribution is -2.39. The Morgan fingerprint density at radius 2 is 1.58 bits per heavy atom. The predicted octanol–water partition coefficient (Wildman–Crippen LogP) is 0.154. The lowest BCUT2D eigenvalue weighted by Gasteiger charge is -2.20. The minimum absolute atomic E-state index is 0.0320. The highest BCUT2D eigenvalue weighted by atomic mass is 16.4. The topological polar surface area (TPSA) is 107 Å². The number of hydrogen-bond acceptors (Lipinski definition) is 4. The van der Waals surface area contributed by atoms with Gasteiger partial charge >= 0.3 is 11.9 Å². The van der Waals surface area contributed by atoms with Crippen molar-refractivity contribution in [3.8, 4) is 0 Å². The fraction of sp³-hybridized carbons (Fsp3) is 0.750. The molecule has 3 N–H and O–H groups in total. The van der Waals surface area contributed by atoms with Crippen LogP contribution in [0.3, 0.4) is 0 Å². The smallest absolute Gasteiger partial charge is 0.304 e. The van der Waals surface area contributed by atoms with Crippen LogP contribution in [0.1, 0.15) is 32.6 Å². The molecule has 0 aromatic heterocycles. The van der Waals surface area contributed by atoms with Gasteiger partial charge in [-0.25, -0.2) is 0 Å². The van der Waals surface area contributed by atoms with E-state index in [4.69, 9.17) is 10.2 Å². The van der Waals surface area contributed by atoms with E-state index in [-0.39, 0.29) is 38.4 Å². The fourth-order valence-corrected chi connectivity index (χ4v) is 1.44. The maximum Gasteiger partial charge on any atom is 0.304 e. The van der Waals surface area contributed by atoms with E-state index in [0.717, 1.165) is 12.8 Å². The second kappa shape index (κ2) is 10.3. The van der Waals surface area contributed by atoms with E-state index in [1.807, 2.05) is 6.92 Å². The van der Waals surface area contributed by atoms with Gasteiger partial charge in [-0.3, -0.25) is 19.3 Å². The van der Waals surface area contributed by atoms with Crippen molar-refractivity contribution in [2.45, 2.75) is 32.6 Å². The van der Waals surface area contributed by atoms with Gasteiger partial charge in [0, 0.05) is 19.6 Å². The number of nitrogens with zero attached hydrogens (tertiary/aromatic N) is 1. The number of nitrogens with one attached hydrogen (secondary N) is 1. The minimum Gasteiger partial charge on any atom is -0.481 e. The number of unbranched alkanes of at least 4 members (excludes halogenated alkanes) is 1. The Morgan fingerprint density at radius 1 is 1.05 bits per heavy atom. The molecule has 0 spiro atoms. The maximum absolute atomic E-state index is 11.6. The number of carbonyl (C=O) groups is 3. The summed E-state index contributed by atoms with van der Waals surface area (Å²) in [6.07, 6.45) is 1.64. The third kappa shape index (κ3) is 11.2. The third-order valence-electron chi connectivity index (χ3n) is 2.50. The highest BCUT2D eigenvalue weighted by molar-refractivity contribution is 5.78. The zero-order chi connectivity index (χ0) is 14.7. The Bertz CT molecular complexity index is 288. The Hall–Kier alpha value is -1.63. The van der Waals surface area contributed by atoms with Gasteiger partial charge in [0.1, 0.15) is 0 Å². The van der Waals surface area contributed by atoms with Crippen LogP contribution in [0.2, 0.25) is 0 Å². The van der Waals surface area contributed by atoms with E-state index in [2.05, 4.69) is 5.32 Å². The molecule has 0 atom stereocenters. The molecule has 0 aliphatic rings. The number of hydrogen-bond donors (Lipinski definition) is 3. The molecular formula is C12H22N2O5. The summed E-state index contributed by atoms with van der Waals surface area (Å²) in [6, 6.07) is 0. The Labute approximate surface area is 112 Å². The first-order chi connectivity index (χ1) is 8.95. The predicted molar refractivity (Wildman–Crippen MR) is 68.9 cm³/mol. The number of carboxylic acids is 2. The molecule has 110 valence electrons. The second-order valence-electron chi connectivity index (χ2n) is 4.27. The number of aliphatic carboxylic acids is 2. The van der Waals surface area contributed by atoms with Crippen molar-refractivity contribution >= 4 is 17.8 Å². The van der Waals surface area contributed by atoms with Crippen LogP contribution in [0.4, 0.5) is 0 Å². The molecule has 0 saturated carbocycles. The van der Waals surface area contributed by atoms with Gasteiger partial charge in [0.05, 0.1) is 19.4 Å². The molecule has 0 rings (SSSR count). The number of carboxylic acid groups (broad SMARTS) is 2. The van der Waals surface area contributed by atoms with Crippen molar-refractivity contribution in [2.75, 3.05) is 26.2 Å². The van der Waals surface area contributed by atoms with Crippen LogP contribution in [0.5, 0.6) is 0 Å². The summed E-state index contributed by atoms with van der Waals surface area (Å²) in [5, 5.41) is 19.9. The van der Waals surface area contributed by atoms with Gasteiger partial charge < -0.3 is 15.5 Å². The minimum atomic E-state index is -0.966. The van der Waals surface area contributed by atoms with E-state index in [0.29, 0.717) is 6.54 Å². The molecule has 0 aromatic rings. The standard InChI is InChI=1S/C12H22N2O5/c1-2-3-6-13-10(15)9-14(7-4-11(16)17)8-5-12(18)19/h2-9H2,1H3,(H,13,15)(H,16,17)(H,18,19). The molecule has 19 heavy (non-hydrogen) atoms. The molecule has 7 nitrogen and oxygen atoms in total. The average molecular weight is 274 g/mol. The van der Waals surface area contributed by atoms with Crippen molar-refractivity contribution < 1.29 is 24.6 Å². The van der Waals surface area contributed by atoms with Crippen LogP contribution in [-0.2, 0) is 14.4 Å². The average Bonchev–Trinajstić information content (AvgIpc) is 2.32. The number of carbonyl (C=O) groups excluding carboxylic acids is 1. The Morgan fingerprint density at radius 3 is 2.00 bits per heavy atom. The zero-order valence-corrected chi connectivity index (χ0v) is 11.2. The van der Waals surface area contributed by atoms with Gasteiger partial charge in [0.15, 0.2) is 0 Å². The largest absolute Gasteiger partial charge is 0.481 e. The molecule has 0 aliphatic carbocycles. The molecular weight excluding hydrogens is 252 g/mol. The molecule has 0 fully saturated rings. The normalized spacial score (nSPS) is 10.4. The van der Waals surface area contributed by atoms with Crippen LogP contribution in [-0.4, -0.2) is 59.1 Å². The first-order valence-electron chi connectivity index (χ1n) is 6.38. The van der Waals surface area contributed by atoms with Gasteiger partial charge in [-0.05, 0) is 6.42 Å². The molecule has 0 heterocycles. The van der Waals surface area contributed by atoms with Crippen molar-refractivity contribution in [1.29, 1.82) is 0 Å². The highest BCUT2D eigenvalue weighted by Gasteiger charge is 2.13. The number of amides is 1. The molecule has 0 bridgehead atoms. The van der Waals surface area contributed by atoms with E-state index >= 15 is 0 Å². The van der Waals surface area contributed by atoms with E-state index in [1.165, 1.54) is 0 Å². The summed E-state index contributed by atoms with van der Waals surface area (Å²) in [4.78, 5) is 34.1. The monoisotopic (exact) mass is 274 g/mol. The molecule has 0 unspecified atom stereocenters. The summed E-state index contributed by atoms with van der Waals surface area (Å²) in [6.45, 7) is 2.97. The van der Waals surface area contributed by atoms with Gasteiger partial charge in [0.25, 0.3) is 0 Å². The highest BCUT2D eigenvalue weighted by Crippen LogP contribution is 1.95. The summed E-state index contributed by atoms with van der Waals surface area (Å²) in [5.74, 6) is -2.14. The van der Waals surface area contributed by atoms with Crippen LogP contribution in [0.25, 0.3) is 0 Å². The first kappa shape index (κ1) is 17.4. The lowest BCUT2D eigenvalue weighted by molar-refractivity contribution is -0.138. The Balaban J connectivity index is 4.11. The summed E-state index contributed by atoms with van der Waals surface area (Å²) in [7, 11) is 0. The number of rotatable bonds is 11. The molecule has 0 radical (unpaired) electrons. The van der Waals surface area contributed by atoms with Gasteiger partial charge in [-0.15, -0.1) is 0 Å². The maximum atomic E-state index is 11.6. The van der Waals surface area contributed by atoms with Crippen molar-refractivity contribution in [3.63, 3.8) is 0 Å². The second-order valence-corrected chi connectivity index (χ2v) is 4.27. The van der Waals surface area contributed by atoms with E-state index < -0.39 is 11.9 Å². The van der Waals surface area contributed by atoms with Crippen molar-refractivity contribution in [2.24, 2.45) is 0 Å². The SMILES string of the molecule is CCCCNC(=O)CN(CCC(=O)O)CCC(=O)O. The third-order valence-corrected chi connectivity index (χ3v) is 2.50. The molecule has 0 saturated heterocycles. The Kier molecular flexibility index (Phi) is 9.42. The van der Waals surface area contributed by atoms with Crippen LogP contribution >= 0.6 is 0 Å². The zero-order valence-electron chi connectivity index (χ0n) is 11.2. The van der Waals surface area contributed by atoms with E-state index in [9.17, 15) is 14.4 Å². The molecule has 1 amide bonds. The van der Waals surface area contributed by atoms with Crippen LogP contribution in [0, 0.1) is 0 Å². The van der Waals surface area contributed by atoms with Crippen molar-refractivity contribution in [3.05, 3.63) is 0 Å². The molecule has 7 heteroatoms. The summed E-state index contributed by atoms with van der Waals surface area (Å²) >= 11 is 0. The quantitative estimate of drug-likeness (QED) is 0.463. The summed E-state index contributed by atoms with van der Waals surface area (Å²) < 4.78 is 0. The van der Waals surface area contributed by atoms with Crippen LogP contribution < -0.4 is 5.32 Å². The van der Waals surface area contributed by atoms with Crippen molar-refractivity contribution in [1.82, 2.24) is 10.2 Å². The first-order valence-corrected chi connectivity index (χ1v) is 6.38. The van der Waals surface area contributed by atoms with Gasteiger partial charge in [-0.2, -0.15) is 0 Å². The van der Waals surface area contributed by atoms with E-state index in [1.54, 1.807) is 4.90 Å². The van der Waals surface area contributed by atoms with Gasteiger partial charge in [0.2, 0.25) is 5.91 Å². The van der Waals surface area contributed by atoms with Gasteiger partial charge in [-0.1, -0.05) is 13.3 Å².